The van der Waals surface area contributed by atoms with Gasteiger partial charge in [0, 0.05) is 25.7 Å². The van der Waals surface area contributed by atoms with E-state index in [-0.39, 0.29) is 11.9 Å². The molecule has 3 atom stereocenters. The molecule has 0 saturated carbocycles. The smallest absolute Gasteiger partial charge is 0.246 e. The average Bonchev–Trinajstić information content (AvgIpc) is 2.88. The van der Waals surface area contributed by atoms with Crippen molar-refractivity contribution in [2.24, 2.45) is 5.92 Å². The lowest BCUT2D eigenvalue weighted by Crippen LogP contribution is -2.48. The van der Waals surface area contributed by atoms with Crippen LogP contribution >= 0.6 is 0 Å². The molecule has 1 amide bonds. The molecular formula is C16H24N4O. The van der Waals surface area contributed by atoms with Gasteiger partial charge in [-0.2, -0.15) is 0 Å². The molecule has 5 heteroatoms. The van der Waals surface area contributed by atoms with Crippen molar-refractivity contribution in [1.29, 1.82) is 0 Å². The Hall–Kier alpha value is -1.75. The van der Waals surface area contributed by atoms with Crippen LogP contribution in [0.1, 0.15) is 6.92 Å². The van der Waals surface area contributed by atoms with Crippen molar-refractivity contribution in [1.82, 2.24) is 9.80 Å². The predicted octanol–water partition coefficient (Wildman–Crippen LogP) is 1.30. The molecular weight excluding hydrogens is 264 g/mol. The van der Waals surface area contributed by atoms with Gasteiger partial charge in [-0.1, -0.05) is 19.1 Å². The van der Waals surface area contributed by atoms with E-state index in [0.717, 1.165) is 24.5 Å². The second-order valence-electron chi connectivity index (χ2n) is 6.37. The van der Waals surface area contributed by atoms with Gasteiger partial charge < -0.3 is 20.4 Å². The third-order valence-electron chi connectivity index (χ3n) is 4.60. The second kappa shape index (κ2) is 5.56. The van der Waals surface area contributed by atoms with Gasteiger partial charge in [0.15, 0.2) is 0 Å². The molecule has 1 fully saturated rings. The topological polar surface area (TPSA) is 47.6 Å². The molecule has 0 bridgehead atoms. The highest BCUT2D eigenvalue weighted by atomic mass is 16.2. The number of carbonyl (C=O) groups is 1. The van der Waals surface area contributed by atoms with Crippen LogP contribution in [0.25, 0.3) is 0 Å². The van der Waals surface area contributed by atoms with Crippen LogP contribution in [0.3, 0.4) is 0 Å². The Morgan fingerprint density at radius 3 is 2.62 bits per heavy atom. The van der Waals surface area contributed by atoms with Crippen molar-refractivity contribution in [3.63, 3.8) is 0 Å². The standard InChI is InChI=1S/C16H24N4O/c1-11-9-20(10-15(11)19(2)3)16(21)14-8-17-12-6-4-5-7-13(12)18-14/h4-7,11,14-15,17-18H,8-10H2,1-3H3. The van der Waals surface area contributed by atoms with Crippen LogP contribution in [0, 0.1) is 5.92 Å². The maximum atomic E-state index is 12.7. The van der Waals surface area contributed by atoms with E-state index in [1.165, 1.54) is 0 Å². The van der Waals surface area contributed by atoms with Gasteiger partial charge in [-0.15, -0.1) is 0 Å². The van der Waals surface area contributed by atoms with Crippen LogP contribution in [0.5, 0.6) is 0 Å². The minimum absolute atomic E-state index is 0.173. The lowest BCUT2D eigenvalue weighted by Gasteiger charge is -2.30. The first-order valence-electron chi connectivity index (χ1n) is 7.61. The van der Waals surface area contributed by atoms with Gasteiger partial charge in [-0.25, -0.2) is 0 Å². The molecule has 1 saturated heterocycles. The Balaban J connectivity index is 1.68. The zero-order chi connectivity index (χ0) is 15.0. The highest BCUT2D eigenvalue weighted by molar-refractivity contribution is 5.89. The quantitative estimate of drug-likeness (QED) is 0.861. The molecule has 2 N–H and O–H groups in total. The molecule has 21 heavy (non-hydrogen) atoms. The summed E-state index contributed by atoms with van der Waals surface area (Å²) in [4.78, 5) is 17.0. The minimum Gasteiger partial charge on any atom is -0.381 e. The molecule has 0 aromatic heterocycles. The normalized spacial score (nSPS) is 28.0. The number of carbonyl (C=O) groups excluding carboxylic acids is 1. The Morgan fingerprint density at radius 2 is 1.95 bits per heavy atom. The minimum atomic E-state index is -0.173. The van der Waals surface area contributed by atoms with Crippen molar-refractivity contribution in [2.75, 3.05) is 44.4 Å². The zero-order valence-corrected chi connectivity index (χ0v) is 13.0. The lowest BCUT2D eigenvalue weighted by molar-refractivity contribution is -0.130. The fourth-order valence-corrected chi connectivity index (χ4v) is 3.39. The monoisotopic (exact) mass is 288 g/mol. The summed E-state index contributed by atoms with van der Waals surface area (Å²) in [5.41, 5.74) is 2.08. The number of hydrogen-bond donors (Lipinski definition) is 2. The lowest BCUT2D eigenvalue weighted by atomic mass is 10.1. The molecule has 5 nitrogen and oxygen atoms in total. The SMILES string of the molecule is CC1CN(C(=O)C2CNc3ccccc3N2)CC1N(C)C. The summed E-state index contributed by atoms with van der Waals surface area (Å²) in [6.07, 6.45) is 0. The first kappa shape index (κ1) is 14.2. The summed E-state index contributed by atoms with van der Waals surface area (Å²) in [5.74, 6) is 0.723. The van der Waals surface area contributed by atoms with Gasteiger partial charge in [-0.05, 0) is 32.1 Å². The van der Waals surface area contributed by atoms with Crippen molar-refractivity contribution in [3.05, 3.63) is 24.3 Å². The van der Waals surface area contributed by atoms with Gasteiger partial charge >= 0.3 is 0 Å². The average molecular weight is 288 g/mol. The second-order valence-corrected chi connectivity index (χ2v) is 6.37. The van der Waals surface area contributed by atoms with Crippen molar-refractivity contribution >= 4 is 17.3 Å². The summed E-state index contributed by atoms with van der Waals surface area (Å²) < 4.78 is 0. The summed E-state index contributed by atoms with van der Waals surface area (Å²) in [5, 5.41) is 6.71. The van der Waals surface area contributed by atoms with Gasteiger partial charge in [0.1, 0.15) is 6.04 Å². The first-order valence-corrected chi connectivity index (χ1v) is 7.61. The Bertz CT molecular complexity index is 531. The molecule has 0 radical (unpaired) electrons. The number of rotatable bonds is 2. The van der Waals surface area contributed by atoms with Crippen LogP contribution in [-0.4, -0.2) is 61.5 Å². The highest BCUT2D eigenvalue weighted by Gasteiger charge is 2.37. The Labute approximate surface area is 126 Å². The molecule has 2 heterocycles. The molecule has 0 spiro atoms. The maximum Gasteiger partial charge on any atom is 0.246 e. The third-order valence-corrected chi connectivity index (χ3v) is 4.60. The number of likely N-dealkylation sites (tertiary alicyclic amines) is 1. The van der Waals surface area contributed by atoms with Crippen molar-refractivity contribution < 1.29 is 4.79 Å². The van der Waals surface area contributed by atoms with E-state index in [1.807, 2.05) is 29.2 Å². The number of fused-ring (bicyclic) bond motifs is 1. The maximum absolute atomic E-state index is 12.7. The van der Waals surface area contributed by atoms with Crippen LogP contribution < -0.4 is 10.6 Å². The van der Waals surface area contributed by atoms with Crippen molar-refractivity contribution in [2.45, 2.75) is 19.0 Å². The van der Waals surface area contributed by atoms with Gasteiger partial charge in [0.2, 0.25) is 5.91 Å². The van der Waals surface area contributed by atoms with E-state index in [0.29, 0.717) is 18.5 Å². The molecule has 1 aromatic rings. The fourth-order valence-electron chi connectivity index (χ4n) is 3.39. The van der Waals surface area contributed by atoms with E-state index < -0.39 is 0 Å². The Kier molecular flexibility index (Phi) is 3.76. The molecule has 1 aromatic carbocycles. The van der Waals surface area contributed by atoms with E-state index in [2.05, 4.69) is 36.6 Å². The number of likely N-dealkylation sites (N-methyl/N-ethyl adjacent to an activating group) is 1. The summed E-state index contributed by atoms with van der Waals surface area (Å²) in [6.45, 7) is 4.54. The van der Waals surface area contributed by atoms with Gasteiger partial charge in [-0.3, -0.25) is 4.79 Å². The summed E-state index contributed by atoms with van der Waals surface area (Å²) in [6, 6.07) is 8.31. The van der Waals surface area contributed by atoms with Crippen LogP contribution in [0.4, 0.5) is 11.4 Å². The highest BCUT2D eigenvalue weighted by Crippen LogP contribution is 2.27. The molecule has 3 rings (SSSR count). The van der Waals surface area contributed by atoms with Crippen molar-refractivity contribution in [3.8, 4) is 0 Å². The first-order chi connectivity index (χ1) is 10.1. The number of nitrogens with one attached hydrogen (secondary N) is 2. The third kappa shape index (κ3) is 2.70. The number of hydrogen-bond acceptors (Lipinski definition) is 4. The number of nitrogens with zero attached hydrogens (tertiary/aromatic N) is 2. The number of amides is 1. The Morgan fingerprint density at radius 1 is 1.24 bits per heavy atom. The molecule has 0 aliphatic carbocycles. The largest absolute Gasteiger partial charge is 0.381 e. The number of benzene rings is 1. The predicted molar refractivity (Wildman–Crippen MR) is 85.6 cm³/mol. The van der Waals surface area contributed by atoms with Crippen LogP contribution in [0.2, 0.25) is 0 Å². The summed E-state index contributed by atoms with van der Waals surface area (Å²) >= 11 is 0. The van der Waals surface area contributed by atoms with Crippen LogP contribution in [-0.2, 0) is 4.79 Å². The van der Waals surface area contributed by atoms with E-state index >= 15 is 0 Å². The summed E-state index contributed by atoms with van der Waals surface area (Å²) in [7, 11) is 4.18. The molecule has 2 aliphatic rings. The number of anilines is 2. The number of para-hydroxylation sites is 2. The van der Waals surface area contributed by atoms with E-state index in [4.69, 9.17) is 0 Å². The van der Waals surface area contributed by atoms with E-state index in [1.54, 1.807) is 0 Å². The van der Waals surface area contributed by atoms with Crippen LogP contribution in [0.15, 0.2) is 24.3 Å². The molecule has 2 aliphatic heterocycles. The molecule has 3 unspecified atom stereocenters. The fraction of sp³-hybridized carbons (Fsp3) is 0.562. The molecule has 114 valence electrons. The van der Waals surface area contributed by atoms with Gasteiger partial charge in [0.05, 0.1) is 11.4 Å². The van der Waals surface area contributed by atoms with E-state index in [9.17, 15) is 4.79 Å². The zero-order valence-electron chi connectivity index (χ0n) is 13.0. The van der Waals surface area contributed by atoms with Gasteiger partial charge in [0.25, 0.3) is 0 Å².